The zero-order valence-electron chi connectivity index (χ0n) is 24.1. The summed E-state index contributed by atoms with van der Waals surface area (Å²) in [4.78, 5) is 15.7. The van der Waals surface area contributed by atoms with E-state index in [4.69, 9.17) is 37.4 Å². The second-order valence-corrected chi connectivity index (χ2v) is 11.8. The highest BCUT2D eigenvalue weighted by molar-refractivity contribution is 6.35. The lowest BCUT2D eigenvalue weighted by atomic mass is 10.0. The van der Waals surface area contributed by atoms with Crippen LogP contribution >= 0.6 is 23.2 Å². The molecule has 1 aliphatic carbocycles. The molecule has 2 aromatic carbocycles. The number of rotatable bonds is 14. The number of halogens is 4. The molecule has 12 heteroatoms. The highest BCUT2D eigenvalue weighted by atomic mass is 35.5. The zero-order valence-corrected chi connectivity index (χ0v) is 25.6. The monoisotopic (exact) mass is 650 g/mol. The molecule has 2 aliphatic rings. The van der Waals surface area contributed by atoms with Crippen molar-refractivity contribution in [2.45, 2.75) is 51.2 Å². The van der Waals surface area contributed by atoms with Crippen LogP contribution in [0, 0.1) is 11.1 Å². The van der Waals surface area contributed by atoms with E-state index < -0.39 is 18.7 Å². The highest BCUT2D eigenvalue weighted by Crippen LogP contribution is 2.38. The van der Waals surface area contributed by atoms with Crippen molar-refractivity contribution >= 4 is 29.2 Å². The van der Waals surface area contributed by atoms with E-state index in [9.17, 15) is 18.8 Å². The van der Waals surface area contributed by atoms with Gasteiger partial charge in [0.05, 0.1) is 12.2 Å². The molecule has 5 rings (SSSR count). The number of carbonyl (C=O) groups is 1. The molecular formula is C32H34Cl2F2N2O6. The molecule has 0 bridgehead atoms. The molecule has 44 heavy (non-hydrogen) atoms. The van der Waals surface area contributed by atoms with Gasteiger partial charge in [-0.3, -0.25) is 4.90 Å². The first-order valence-corrected chi connectivity index (χ1v) is 15.4. The average Bonchev–Trinajstić information content (AvgIpc) is 3.83. The smallest absolute Gasteiger partial charge is 0.387 e. The van der Waals surface area contributed by atoms with Crippen molar-refractivity contribution in [2.75, 3.05) is 32.8 Å². The van der Waals surface area contributed by atoms with Gasteiger partial charge in [-0.15, -0.1) is 0 Å². The first-order chi connectivity index (χ1) is 21.2. The van der Waals surface area contributed by atoms with Gasteiger partial charge in [0.25, 0.3) is 0 Å². The Labute approximate surface area is 264 Å². The number of aromatic nitrogens is 1. The van der Waals surface area contributed by atoms with E-state index in [1.165, 1.54) is 37.5 Å². The van der Waals surface area contributed by atoms with Crippen LogP contribution in [0.25, 0.3) is 0 Å². The van der Waals surface area contributed by atoms with Gasteiger partial charge in [0.1, 0.15) is 28.5 Å². The molecule has 1 unspecified atom stereocenters. The minimum absolute atomic E-state index is 0.000935. The third kappa shape index (κ3) is 9.09. The van der Waals surface area contributed by atoms with E-state index in [-0.39, 0.29) is 33.5 Å². The quantitative estimate of drug-likeness (QED) is 0.105. The molecule has 1 saturated heterocycles. The number of alkyl halides is 2. The lowest BCUT2D eigenvalue weighted by Crippen LogP contribution is -2.33. The fraction of sp³-hybridized carbons (Fsp3) is 0.438. The van der Waals surface area contributed by atoms with Gasteiger partial charge < -0.3 is 24.2 Å². The Hall–Kier alpha value is -3.34. The van der Waals surface area contributed by atoms with Crippen molar-refractivity contribution in [1.29, 1.82) is 0 Å². The Kier molecular flexibility index (Phi) is 11.0. The number of hydrogen-bond acceptors (Lipinski definition) is 7. The van der Waals surface area contributed by atoms with Gasteiger partial charge in [0.2, 0.25) is 0 Å². The molecule has 1 aromatic heterocycles. The number of piperidine rings is 1. The maximum absolute atomic E-state index is 13.4. The van der Waals surface area contributed by atoms with E-state index >= 15 is 0 Å². The fourth-order valence-electron chi connectivity index (χ4n) is 5.02. The van der Waals surface area contributed by atoms with Gasteiger partial charge in [-0.05, 0) is 86.7 Å². The summed E-state index contributed by atoms with van der Waals surface area (Å²) in [7, 11) is 0. The van der Waals surface area contributed by atoms with Gasteiger partial charge in [0.15, 0.2) is 23.9 Å². The zero-order chi connectivity index (χ0) is 31.1. The van der Waals surface area contributed by atoms with Gasteiger partial charge in [0, 0.05) is 18.5 Å². The minimum Gasteiger partial charge on any atom is -0.619 e. The lowest BCUT2D eigenvalue weighted by molar-refractivity contribution is -0.605. The van der Waals surface area contributed by atoms with Crippen LogP contribution in [0.3, 0.4) is 0 Å². The summed E-state index contributed by atoms with van der Waals surface area (Å²) < 4.78 is 49.0. The van der Waals surface area contributed by atoms with Crippen LogP contribution in [0.1, 0.15) is 59.7 Å². The van der Waals surface area contributed by atoms with Crippen LogP contribution in [0.4, 0.5) is 8.78 Å². The molecular weight excluding hydrogens is 617 g/mol. The normalized spacial score (nSPS) is 16.0. The third-order valence-electron chi connectivity index (χ3n) is 7.64. The molecule has 1 aliphatic heterocycles. The number of hydrogen-bond donors (Lipinski definition) is 0. The van der Waals surface area contributed by atoms with Gasteiger partial charge in [-0.2, -0.15) is 13.5 Å². The second kappa shape index (κ2) is 15.1. The Morgan fingerprint density at radius 1 is 0.977 bits per heavy atom. The number of ether oxygens (including phenoxy) is 4. The summed E-state index contributed by atoms with van der Waals surface area (Å²) in [5, 5.41) is 12.0. The van der Waals surface area contributed by atoms with Gasteiger partial charge in [-0.25, -0.2) is 4.79 Å². The maximum Gasteiger partial charge on any atom is 0.387 e. The Morgan fingerprint density at radius 2 is 1.68 bits per heavy atom. The summed E-state index contributed by atoms with van der Waals surface area (Å²) in [6.07, 6.45) is 7.02. The van der Waals surface area contributed by atoms with E-state index in [0.29, 0.717) is 40.7 Å². The summed E-state index contributed by atoms with van der Waals surface area (Å²) in [6, 6.07) is 11.0. The first-order valence-electron chi connectivity index (χ1n) is 14.7. The van der Waals surface area contributed by atoms with Crippen LogP contribution in [-0.4, -0.2) is 50.3 Å². The second-order valence-electron chi connectivity index (χ2n) is 11.0. The summed E-state index contributed by atoms with van der Waals surface area (Å²) in [6.45, 7) is 0.860. The Balaban J connectivity index is 1.34. The van der Waals surface area contributed by atoms with Crippen LogP contribution in [-0.2, 0) is 11.2 Å². The van der Waals surface area contributed by atoms with E-state index in [2.05, 4.69) is 9.64 Å². The summed E-state index contributed by atoms with van der Waals surface area (Å²) in [5.74, 6) is 0.323. The number of esters is 1. The molecule has 3 aromatic rings. The molecule has 1 saturated carbocycles. The number of carbonyl (C=O) groups excluding carboxylic acids is 1. The molecule has 8 nitrogen and oxygen atoms in total. The molecule has 0 radical (unpaired) electrons. The van der Waals surface area contributed by atoms with E-state index in [1.807, 2.05) is 0 Å². The Bertz CT molecular complexity index is 1400. The standard InChI is InChI=1S/C32H34Cl2F2N2O6/c33-26-18-38(40)19-27(34)25(26)17-29(23-8-11-28(44-32(35)36)30(16-23)42-20-21-4-5-21)43-31(39)22-6-9-24(10-7-22)41-15-14-37-12-2-1-3-13-37/h6-11,16,18-19,21,29,32H,1-5,12-15,17,20H2. The lowest BCUT2D eigenvalue weighted by Gasteiger charge is -2.26. The molecule has 2 fully saturated rings. The van der Waals surface area contributed by atoms with Crippen LogP contribution in [0.2, 0.25) is 10.0 Å². The van der Waals surface area contributed by atoms with Gasteiger partial charge in [-0.1, -0.05) is 35.7 Å². The molecule has 1 atom stereocenters. The topological polar surface area (TPSA) is 84.2 Å². The number of pyridine rings is 1. The molecule has 0 amide bonds. The van der Waals surface area contributed by atoms with E-state index in [1.54, 1.807) is 24.3 Å². The average molecular weight is 652 g/mol. The molecule has 0 N–H and O–H groups in total. The SMILES string of the molecule is O=C(OC(Cc1c(Cl)c[n+]([O-])cc1Cl)c1ccc(OC(F)F)c(OCC2CC2)c1)c1ccc(OCCN2CCCCC2)cc1. The van der Waals surface area contributed by atoms with Crippen LogP contribution < -0.4 is 18.9 Å². The number of nitrogens with zero attached hydrogens (tertiary/aromatic N) is 2. The molecule has 236 valence electrons. The van der Waals surface area contributed by atoms with Crippen molar-refractivity contribution < 1.29 is 37.3 Å². The summed E-state index contributed by atoms with van der Waals surface area (Å²) in [5.41, 5.74) is 1.10. The van der Waals surface area contributed by atoms with Crippen molar-refractivity contribution in [2.24, 2.45) is 5.92 Å². The number of benzene rings is 2. The van der Waals surface area contributed by atoms with Crippen LogP contribution in [0.5, 0.6) is 17.2 Å². The predicted molar refractivity (Wildman–Crippen MR) is 161 cm³/mol. The van der Waals surface area contributed by atoms with Crippen molar-refractivity contribution in [1.82, 2.24) is 4.90 Å². The minimum atomic E-state index is -3.05. The molecule has 0 spiro atoms. The highest BCUT2D eigenvalue weighted by Gasteiger charge is 2.27. The van der Waals surface area contributed by atoms with Crippen molar-refractivity contribution in [3.8, 4) is 17.2 Å². The molecule has 2 heterocycles. The Morgan fingerprint density at radius 3 is 2.34 bits per heavy atom. The summed E-state index contributed by atoms with van der Waals surface area (Å²) >= 11 is 12.7. The van der Waals surface area contributed by atoms with Gasteiger partial charge >= 0.3 is 12.6 Å². The fourth-order valence-corrected chi connectivity index (χ4v) is 5.62. The van der Waals surface area contributed by atoms with Crippen LogP contribution in [0.15, 0.2) is 54.9 Å². The largest absolute Gasteiger partial charge is 0.619 e. The third-order valence-corrected chi connectivity index (χ3v) is 8.29. The maximum atomic E-state index is 13.4. The first kappa shape index (κ1) is 32.1. The number of likely N-dealkylation sites (tertiary alicyclic amines) is 1. The van der Waals surface area contributed by atoms with E-state index in [0.717, 1.165) is 44.9 Å². The van der Waals surface area contributed by atoms with Crippen molar-refractivity contribution in [3.05, 3.63) is 86.8 Å². The predicted octanol–water partition coefficient (Wildman–Crippen LogP) is 7.02. The van der Waals surface area contributed by atoms with Crippen molar-refractivity contribution in [3.63, 3.8) is 0 Å².